The maximum absolute atomic E-state index is 12.7. The van der Waals surface area contributed by atoms with E-state index >= 15 is 0 Å². The van der Waals surface area contributed by atoms with Crippen LogP contribution >= 0.6 is 0 Å². The monoisotopic (exact) mass is 365 g/mol. The van der Waals surface area contributed by atoms with Gasteiger partial charge in [0, 0.05) is 0 Å². The molecule has 27 heavy (non-hydrogen) atoms. The standard InChI is InChI=1S/C22H27N3O2/c1-15(2)13-20(21-23-18-11-7-8-12-19(18)24-21)25-22(26)16(3)27-14-17-9-5-4-6-10-17/h4-12,15-16,20H,13-14H2,1-3H3,(H,23,24)(H,25,26). The fraction of sp³-hybridized carbons (Fsp3) is 0.364. The summed E-state index contributed by atoms with van der Waals surface area (Å²) in [4.78, 5) is 20.7. The molecule has 3 aromatic rings. The van der Waals surface area contributed by atoms with Gasteiger partial charge in [0.1, 0.15) is 11.9 Å². The molecule has 0 bridgehead atoms. The molecule has 2 N–H and O–H groups in total. The van der Waals surface area contributed by atoms with Crippen molar-refractivity contribution in [2.45, 2.75) is 45.9 Å². The molecule has 3 rings (SSSR count). The molecule has 0 saturated heterocycles. The minimum absolute atomic E-state index is 0.128. The van der Waals surface area contributed by atoms with Crippen LogP contribution in [0.15, 0.2) is 54.6 Å². The first-order chi connectivity index (χ1) is 13.0. The topological polar surface area (TPSA) is 67.0 Å². The number of amides is 1. The average Bonchev–Trinajstić information content (AvgIpc) is 3.10. The largest absolute Gasteiger partial charge is 0.364 e. The lowest BCUT2D eigenvalue weighted by atomic mass is 10.0. The van der Waals surface area contributed by atoms with Crippen LogP contribution in [0.1, 0.15) is 44.6 Å². The predicted molar refractivity (Wildman–Crippen MR) is 107 cm³/mol. The molecule has 2 aromatic carbocycles. The summed E-state index contributed by atoms with van der Waals surface area (Å²) in [6, 6.07) is 17.6. The molecule has 2 unspecified atom stereocenters. The van der Waals surface area contributed by atoms with E-state index in [1.54, 1.807) is 6.92 Å². The number of hydrogen-bond donors (Lipinski definition) is 2. The highest BCUT2D eigenvalue weighted by molar-refractivity contribution is 5.81. The summed E-state index contributed by atoms with van der Waals surface area (Å²) >= 11 is 0. The van der Waals surface area contributed by atoms with E-state index in [-0.39, 0.29) is 11.9 Å². The summed E-state index contributed by atoms with van der Waals surface area (Å²) in [6.07, 6.45) is 0.265. The first-order valence-electron chi connectivity index (χ1n) is 9.43. The third kappa shape index (κ3) is 5.17. The Morgan fingerprint density at radius 1 is 1.07 bits per heavy atom. The number of nitrogens with zero attached hydrogens (tertiary/aromatic N) is 1. The van der Waals surface area contributed by atoms with Gasteiger partial charge in [-0.3, -0.25) is 4.79 Å². The second-order valence-electron chi connectivity index (χ2n) is 7.27. The minimum Gasteiger partial charge on any atom is -0.364 e. The molecule has 0 spiro atoms. The molecule has 5 heteroatoms. The molecule has 5 nitrogen and oxygen atoms in total. The third-order valence-electron chi connectivity index (χ3n) is 4.47. The van der Waals surface area contributed by atoms with Crippen LogP contribution in [0.25, 0.3) is 11.0 Å². The van der Waals surface area contributed by atoms with Crippen LogP contribution in [0.2, 0.25) is 0 Å². The number of H-pyrrole nitrogens is 1. The van der Waals surface area contributed by atoms with E-state index in [2.05, 4.69) is 29.1 Å². The van der Waals surface area contributed by atoms with Gasteiger partial charge in [-0.25, -0.2) is 4.98 Å². The van der Waals surface area contributed by atoms with Crippen LogP contribution < -0.4 is 5.32 Å². The van der Waals surface area contributed by atoms with Gasteiger partial charge < -0.3 is 15.0 Å². The number of carbonyl (C=O) groups is 1. The van der Waals surface area contributed by atoms with Crippen molar-refractivity contribution >= 4 is 16.9 Å². The highest BCUT2D eigenvalue weighted by atomic mass is 16.5. The number of ether oxygens (including phenoxy) is 1. The molecule has 0 saturated carbocycles. The maximum atomic E-state index is 12.7. The van der Waals surface area contributed by atoms with Crippen LogP contribution in [-0.2, 0) is 16.1 Å². The van der Waals surface area contributed by atoms with E-state index in [4.69, 9.17) is 4.74 Å². The van der Waals surface area contributed by atoms with Crippen molar-refractivity contribution in [1.29, 1.82) is 0 Å². The smallest absolute Gasteiger partial charge is 0.249 e. The van der Waals surface area contributed by atoms with E-state index in [0.717, 1.165) is 28.8 Å². The Hall–Kier alpha value is -2.66. The Balaban J connectivity index is 1.67. The second kappa shape index (κ2) is 8.82. The molecule has 0 aliphatic heterocycles. The van der Waals surface area contributed by atoms with Gasteiger partial charge in [-0.1, -0.05) is 56.3 Å². The number of hydrogen-bond acceptors (Lipinski definition) is 3. The Bertz CT molecular complexity index is 840. The fourth-order valence-corrected chi connectivity index (χ4v) is 3.01. The number of carbonyl (C=O) groups excluding carboxylic acids is 1. The first-order valence-corrected chi connectivity index (χ1v) is 9.43. The van der Waals surface area contributed by atoms with Crippen LogP contribution in [0.3, 0.4) is 0 Å². The molecule has 142 valence electrons. The van der Waals surface area contributed by atoms with Crippen molar-refractivity contribution in [2.24, 2.45) is 5.92 Å². The number of benzene rings is 2. The van der Waals surface area contributed by atoms with Gasteiger partial charge >= 0.3 is 0 Å². The average molecular weight is 365 g/mol. The summed E-state index contributed by atoms with van der Waals surface area (Å²) < 4.78 is 5.75. The second-order valence-corrected chi connectivity index (χ2v) is 7.27. The number of imidazole rings is 1. The van der Waals surface area contributed by atoms with E-state index in [0.29, 0.717) is 12.5 Å². The van der Waals surface area contributed by atoms with Crippen LogP contribution in [-0.4, -0.2) is 22.0 Å². The fourth-order valence-electron chi connectivity index (χ4n) is 3.01. The summed E-state index contributed by atoms with van der Waals surface area (Å²) in [5.41, 5.74) is 2.93. The molecule has 2 atom stereocenters. The lowest BCUT2D eigenvalue weighted by Crippen LogP contribution is -2.38. The van der Waals surface area contributed by atoms with Crippen molar-refractivity contribution in [3.8, 4) is 0 Å². The molecular weight excluding hydrogens is 338 g/mol. The number of aromatic amines is 1. The summed E-state index contributed by atoms with van der Waals surface area (Å²) in [5, 5.41) is 3.10. The number of rotatable bonds is 8. The molecular formula is C22H27N3O2. The number of para-hydroxylation sites is 2. The molecule has 0 radical (unpaired) electrons. The summed E-state index contributed by atoms with van der Waals surface area (Å²) in [7, 11) is 0. The van der Waals surface area contributed by atoms with Crippen LogP contribution in [0.4, 0.5) is 0 Å². The highest BCUT2D eigenvalue weighted by Crippen LogP contribution is 2.22. The number of nitrogens with one attached hydrogen (secondary N) is 2. The molecule has 1 heterocycles. The van der Waals surface area contributed by atoms with Gasteiger partial charge in [0.25, 0.3) is 0 Å². The van der Waals surface area contributed by atoms with Gasteiger partial charge in [-0.15, -0.1) is 0 Å². The van der Waals surface area contributed by atoms with Gasteiger partial charge in [-0.2, -0.15) is 0 Å². The Morgan fingerprint density at radius 2 is 1.78 bits per heavy atom. The van der Waals surface area contributed by atoms with Gasteiger partial charge in [0.05, 0.1) is 23.7 Å². The summed E-state index contributed by atoms with van der Waals surface area (Å²) in [5.74, 6) is 1.08. The number of aromatic nitrogens is 2. The van der Waals surface area contributed by atoms with Crippen molar-refractivity contribution in [3.63, 3.8) is 0 Å². The Kier molecular flexibility index (Phi) is 6.24. The Labute approximate surface area is 160 Å². The van der Waals surface area contributed by atoms with Gasteiger partial charge in [0.2, 0.25) is 5.91 Å². The zero-order valence-electron chi connectivity index (χ0n) is 16.1. The molecule has 0 aliphatic carbocycles. The SMILES string of the molecule is CC(C)CC(NC(=O)C(C)OCc1ccccc1)c1nc2ccccc2[nH]1. The zero-order chi connectivity index (χ0) is 19.2. The zero-order valence-corrected chi connectivity index (χ0v) is 16.1. The molecule has 1 amide bonds. The molecule has 1 aromatic heterocycles. The molecule has 0 fully saturated rings. The lowest BCUT2D eigenvalue weighted by molar-refractivity contribution is -0.133. The van der Waals surface area contributed by atoms with Gasteiger partial charge in [0.15, 0.2) is 0 Å². The third-order valence-corrected chi connectivity index (χ3v) is 4.47. The van der Waals surface area contributed by atoms with Gasteiger partial charge in [-0.05, 0) is 37.0 Å². The van der Waals surface area contributed by atoms with Crippen molar-refractivity contribution in [3.05, 3.63) is 66.0 Å². The minimum atomic E-state index is -0.538. The first kappa shape index (κ1) is 19.1. The normalized spacial score (nSPS) is 13.6. The lowest BCUT2D eigenvalue weighted by Gasteiger charge is -2.21. The van der Waals surface area contributed by atoms with Crippen LogP contribution in [0, 0.1) is 5.92 Å². The van der Waals surface area contributed by atoms with E-state index in [1.165, 1.54) is 0 Å². The van der Waals surface area contributed by atoms with E-state index in [9.17, 15) is 4.79 Å². The maximum Gasteiger partial charge on any atom is 0.249 e. The van der Waals surface area contributed by atoms with E-state index < -0.39 is 6.10 Å². The van der Waals surface area contributed by atoms with E-state index in [1.807, 2.05) is 54.6 Å². The van der Waals surface area contributed by atoms with Crippen LogP contribution in [0.5, 0.6) is 0 Å². The van der Waals surface area contributed by atoms with Crippen molar-refractivity contribution in [1.82, 2.24) is 15.3 Å². The highest BCUT2D eigenvalue weighted by Gasteiger charge is 2.23. The Morgan fingerprint density at radius 3 is 2.48 bits per heavy atom. The molecule has 0 aliphatic rings. The predicted octanol–water partition coefficient (Wildman–Crippen LogP) is 4.37. The van der Waals surface area contributed by atoms with Crippen molar-refractivity contribution in [2.75, 3.05) is 0 Å². The summed E-state index contributed by atoms with van der Waals surface area (Å²) in [6.45, 7) is 6.46. The van der Waals surface area contributed by atoms with Crippen molar-refractivity contribution < 1.29 is 9.53 Å². The quantitative estimate of drug-likeness (QED) is 0.623. The number of fused-ring (bicyclic) bond motifs is 1.